The zero-order valence-electron chi connectivity index (χ0n) is 15.7. The minimum atomic E-state index is -0.684. The summed E-state index contributed by atoms with van der Waals surface area (Å²) in [7, 11) is 0. The Balaban J connectivity index is 3.29. The number of carboxylic acids is 1. The van der Waals surface area contributed by atoms with Gasteiger partial charge in [-0.2, -0.15) is 0 Å². The van der Waals surface area contributed by atoms with Crippen molar-refractivity contribution in [2.24, 2.45) is 0 Å². The summed E-state index contributed by atoms with van der Waals surface area (Å²) in [5.74, 6) is -0.684. The molecule has 0 saturated carbocycles. The molecule has 0 aromatic carbocycles. The highest BCUT2D eigenvalue weighted by Gasteiger charge is 1.94. The lowest BCUT2D eigenvalue weighted by molar-refractivity contribution is -0.137. The molecule has 0 radical (unpaired) electrons. The van der Waals surface area contributed by atoms with Crippen LogP contribution in [0.1, 0.15) is 96.8 Å². The Morgan fingerprint density at radius 3 is 1.67 bits per heavy atom. The van der Waals surface area contributed by atoms with Crippen molar-refractivity contribution in [1.82, 2.24) is 0 Å². The summed E-state index contributed by atoms with van der Waals surface area (Å²) < 4.78 is 0. The van der Waals surface area contributed by atoms with Crippen molar-refractivity contribution in [2.75, 3.05) is 0 Å². The van der Waals surface area contributed by atoms with E-state index in [-0.39, 0.29) is 0 Å². The van der Waals surface area contributed by atoms with Crippen molar-refractivity contribution in [1.29, 1.82) is 0 Å². The van der Waals surface area contributed by atoms with Gasteiger partial charge in [0.15, 0.2) is 0 Å². The molecule has 0 aliphatic carbocycles. The van der Waals surface area contributed by atoms with E-state index in [0.717, 1.165) is 38.5 Å². The van der Waals surface area contributed by atoms with E-state index in [1.807, 2.05) is 0 Å². The van der Waals surface area contributed by atoms with E-state index in [4.69, 9.17) is 5.11 Å². The van der Waals surface area contributed by atoms with Gasteiger partial charge in [-0.1, -0.05) is 81.9 Å². The summed E-state index contributed by atoms with van der Waals surface area (Å²) in [4.78, 5) is 10.4. The summed E-state index contributed by atoms with van der Waals surface area (Å²) in [6.45, 7) is 2.26. The van der Waals surface area contributed by atoms with Gasteiger partial charge in [0.25, 0.3) is 0 Å². The predicted molar refractivity (Wildman–Crippen MR) is 105 cm³/mol. The Bertz CT molecular complexity index is 353. The molecule has 0 saturated heterocycles. The highest BCUT2D eigenvalue weighted by atomic mass is 16.4. The molecule has 0 aliphatic heterocycles. The topological polar surface area (TPSA) is 37.3 Å². The molecular weight excluding hydrogens is 296 g/mol. The van der Waals surface area contributed by atoms with Crippen molar-refractivity contribution in [3.63, 3.8) is 0 Å². The lowest BCUT2D eigenvalue weighted by atomic mass is 10.1. The minimum Gasteiger partial charge on any atom is -0.481 e. The van der Waals surface area contributed by atoms with Crippen LogP contribution in [0.5, 0.6) is 0 Å². The van der Waals surface area contributed by atoms with Crippen LogP contribution in [-0.2, 0) is 4.79 Å². The second-order valence-corrected chi connectivity index (χ2v) is 6.44. The highest BCUT2D eigenvalue weighted by Crippen LogP contribution is 2.07. The fourth-order valence-corrected chi connectivity index (χ4v) is 2.54. The smallest absolute Gasteiger partial charge is 0.303 e. The SMILES string of the molecule is CCCCCCCC/C=C/C/C=C/C/C=C/CCCCCC(=O)O. The lowest BCUT2D eigenvalue weighted by Gasteiger charge is -1.97. The first-order valence-corrected chi connectivity index (χ1v) is 9.94. The molecule has 0 fully saturated rings. The van der Waals surface area contributed by atoms with E-state index in [1.165, 1.54) is 44.9 Å². The van der Waals surface area contributed by atoms with Crippen LogP contribution in [0.2, 0.25) is 0 Å². The molecule has 0 aromatic rings. The first-order chi connectivity index (χ1) is 11.8. The molecule has 0 aromatic heterocycles. The standard InChI is InChI=1S/C22H38O2/c1-2-3-4-5-6-7-8-9-10-11-12-13-14-15-16-17-18-19-20-21-22(23)24/h9-10,12-13,15-16H,2-8,11,14,17-21H2,1H3,(H,23,24)/b10-9+,13-12+,16-15+. The second-order valence-electron chi connectivity index (χ2n) is 6.44. The first kappa shape index (κ1) is 22.7. The molecule has 0 rings (SSSR count). The third-order valence-corrected chi connectivity index (χ3v) is 4.03. The summed E-state index contributed by atoms with van der Waals surface area (Å²) in [6.07, 6.45) is 29.2. The zero-order chi connectivity index (χ0) is 17.7. The normalized spacial score (nSPS) is 12.0. The molecule has 0 heterocycles. The monoisotopic (exact) mass is 334 g/mol. The van der Waals surface area contributed by atoms with Crippen LogP contribution >= 0.6 is 0 Å². The number of carboxylic acid groups (broad SMARTS) is 1. The fourth-order valence-electron chi connectivity index (χ4n) is 2.54. The molecular formula is C22H38O2. The molecule has 0 atom stereocenters. The molecule has 138 valence electrons. The quantitative estimate of drug-likeness (QED) is 0.225. The average Bonchev–Trinajstić information content (AvgIpc) is 2.56. The van der Waals surface area contributed by atoms with Gasteiger partial charge in [-0.15, -0.1) is 0 Å². The largest absolute Gasteiger partial charge is 0.481 e. The van der Waals surface area contributed by atoms with Crippen LogP contribution in [0.25, 0.3) is 0 Å². The van der Waals surface area contributed by atoms with Gasteiger partial charge in [-0.25, -0.2) is 0 Å². The fraction of sp³-hybridized carbons (Fsp3) is 0.682. The third-order valence-electron chi connectivity index (χ3n) is 4.03. The second kappa shape index (κ2) is 19.7. The number of hydrogen-bond acceptors (Lipinski definition) is 1. The maximum atomic E-state index is 10.4. The summed E-state index contributed by atoms with van der Waals surface area (Å²) in [5, 5.41) is 8.53. The molecule has 0 aliphatic rings. The maximum Gasteiger partial charge on any atom is 0.303 e. The lowest BCUT2D eigenvalue weighted by Crippen LogP contribution is -1.93. The number of rotatable bonds is 17. The highest BCUT2D eigenvalue weighted by molar-refractivity contribution is 5.66. The number of carbonyl (C=O) groups is 1. The van der Waals surface area contributed by atoms with Gasteiger partial charge in [-0.05, 0) is 44.9 Å². The minimum absolute atomic E-state index is 0.304. The average molecular weight is 335 g/mol. The van der Waals surface area contributed by atoms with E-state index >= 15 is 0 Å². The molecule has 0 amide bonds. The number of aliphatic carboxylic acids is 1. The van der Waals surface area contributed by atoms with Crippen molar-refractivity contribution in [3.05, 3.63) is 36.5 Å². The summed E-state index contributed by atoms with van der Waals surface area (Å²) in [6, 6.07) is 0. The first-order valence-electron chi connectivity index (χ1n) is 9.94. The van der Waals surface area contributed by atoms with E-state index in [1.54, 1.807) is 0 Å². The van der Waals surface area contributed by atoms with Crippen molar-refractivity contribution in [2.45, 2.75) is 96.8 Å². The molecule has 2 heteroatoms. The van der Waals surface area contributed by atoms with Gasteiger partial charge in [0.05, 0.1) is 0 Å². The third kappa shape index (κ3) is 20.7. The van der Waals surface area contributed by atoms with Crippen molar-refractivity contribution < 1.29 is 9.90 Å². The number of hydrogen-bond donors (Lipinski definition) is 1. The molecule has 0 spiro atoms. The predicted octanol–water partition coefficient (Wildman–Crippen LogP) is 7.22. The van der Waals surface area contributed by atoms with Crippen LogP contribution in [0, 0.1) is 0 Å². The van der Waals surface area contributed by atoms with Gasteiger partial charge < -0.3 is 5.11 Å². The Morgan fingerprint density at radius 1 is 0.667 bits per heavy atom. The van der Waals surface area contributed by atoms with Crippen LogP contribution in [0.4, 0.5) is 0 Å². The van der Waals surface area contributed by atoms with Gasteiger partial charge in [0, 0.05) is 6.42 Å². The van der Waals surface area contributed by atoms with Crippen molar-refractivity contribution >= 4 is 5.97 Å². The summed E-state index contributed by atoms with van der Waals surface area (Å²) in [5.41, 5.74) is 0. The molecule has 0 unspecified atom stereocenters. The van der Waals surface area contributed by atoms with E-state index in [0.29, 0.717) is 6.42 Å². The maximum absolute atomic E-state index is 10.4. The van der Waals surface area contributed by atoms with Crippen LogP contribution in [0.15, 0.2) is 36.5 Å². The van der Waals surface area contributed by atoms with E-state index in [2.05, 4.69) is 43.4 Å². The van der Waals surface area contributed by atoms with Crippen LogP contribution in [0.3, 0.4) is 0 Å². The Hall–Kier alpha value is -1.31. The summed E-state index contributed by atoms with van der Waals surface area (Å²) >= 11 is 0. The number of allylic oxidation sites excluding steroid dienone is 6. The van der Waals surface area contributed by atoms with Crippen LogP contribution < -0.4 is 0 Å². The van der Waals surface area contributed by atoms with Gasteiger partial charge in [-0.3, -0.25) is 4.79 Å². The molecule has 2 nitrogen and oxygen atoms in total. The Morgan fingerprint density at radius 2 is 1.12 bits per heavy atom. The van der Waals surface area contributed by atoms with E-state index < -0.39 is 5.97 Å². The number of unbranched alkanes of at least 4 members (excludes halogenated alkanes) is 9. The Labute approximate surface area is 149 Å². The van der Waals surface area contributed by atoms with Gasteiger partial charge in [0.2, 0.25) is 0 Å². The van der Waals surface area contributed by atoms with Gasteiger partial charge in [0.1, 0.15) is 0 Å². The molecule has 24 heavy (non-hydrogen) atoms. The van der Waals surface area contributed by atoms with E-state index in [9.17, 15) is 4.79 Å². The molecule has 0 bridgehead atoms. The Kier molecular flexibility index (Phi) is 18.7. The molecule has 1 N–H and O–H groups in total. The van der Waals surface area contributed by atoms with Crippen molar-refractivity contribution in [3.8, 4) is 0 Å². The van der Waals surface area contributed by atoms with Crippen LogP contribution in [-0.4, -0.2) is 11.1 Å². The zero-order valence-corrected chi connectivity index (χ0v) is 15.7. The van der Waals surface area contributed by atoms with Gasteiger partial charge >= 0.3 is 5.97 Å².